The van der Waals surface area contributed by atoms with Crippen molar-refractivity contribution in [1.82, 2.24) is 19.8 Å². The van der Waals surface area contributed by atoms with Gasteiger partial charge in [-0.1, -0.05) is 37.8 Å². The lowest BCUT2D eigenvalue weighted by molar-refractivity contribution is -0.0507. The molecular weight excluding hydrogens is 486 g/mol. The van der Waals surface area contributed by atoms with Crippen LogP contribution < -0.4 is 10.1 Å². The van der Waals surface area contributed by atoms with E-state index in [9.17, 15) is 13.6 Å². The van der Waals surface area contributed by atoms with Gasteiger partial charge >= 0.3 is 6.61 Å². The van der Waals surface area contributed by atoms with Crippen LogP contribution in [0.2, 0.25) is 0 Å². The highest BCUT2D eigenvalue weighted by molar-refractivity contribution is 5.82. The van der Waals surface area contributed by atoms with Gasteiger partial charge in [0.25, 0.3) is 0 Å². The van der Waals surface area contributed by atoms with Crippen LogP contribution in [0.4, 0.5) is 8.78 Å². The number of hydrogen-bond donors (Lipinski definition) is 1. The number of nitrogens with zero attached hydrogens (tertiary/aromatic N) is 3. The lowest BCUT2D eigenvalue weighted by atomic mass is 9.83. The molecule has 1 fully saturated rings. The Morgan fingerprint density at radius 1 is 1.26 bits per heavy atom. The van der Waals surface area contributed by atoms with E-state index in [0.717, 1.165) is 48.4 Å². The van der Waals surface area contributed by atoms with Crippen molar-refractivity contribution in [2.45, 2.75) is 58.7 Å². The van der Waals surface area contributed by atoms with E-state index in [0.29, 0.717) is 23.8 Å². The second-order valence-electron chi connectivity index (χ2n) is 10.1. The van der Waals surface area contributed by atoms with Gasteiger partial charge in [-0.05, 0) is 71.1 Å². The van der Waals surface area contributed by atoms with Crippen LogP contribution in [0.1, 0.15) is 79.4 Å². The maximum Gasteiger partial charge on any atom is 0.387 e. The molecule has 1 N–H and O–H groups in total. The first-order chi connectivity index (χ1) is 18.3. The molecule has 3 atom stereocenters. The van der Waals surface area contributed by atoms with Crippen LogP contribution in [0.25, 0.3) is 11.0 Å². The molecule has 38 heavy (non-hydrogen) atoms. The second-order valence-corrected chi connectivity index (χ2v) is 10.1. The molecule has 0 radical (unpaired) electrons. The van der Waals surface area contributed by atoms with E-state index in [4.69, 9.17) is 9.72 Å². The zero-order valence-corrected chi connectivity index (χ0v) is 22.7. The summed E-state index contributed by atoms with van der Waals surface area (Å²) >= 11 is 0. The molecule has 3 aromatic rings. The molecule has 8 heteroatoms. The van der Waals surface area contributed by atoms with Crippen LogP contribution in [0.15, 0.2) is 36.4 Å². The van der Waals surface area contributed by atoms with Gasteiger partial charge in [-0.3, -0.25) is 9.69 Å². The number of benzene rings is 2. The summed E-state index contributed by atoms with van der Waals surface area (Å²) in [5, 5.41) is 3.42. The van der Waals surface area contributed by atoms with Crippen molar-refractivity contribution < 1.29 is 18.3 Å². The average molecular weight is 523 g/mol. The SMILES string of the molecule is CC.CN(C)C1C[C@H](c2c(C=O)cccc2OC(F)F)n2c1nc1ccc(C#CC3(C)CCCNC3)cc12. The lowest BCUT2D eigenvalue weighted by Crippen LogP contribution is -2.36. The largest absolute Gasteiger partial charge is 0.434 e. The summed E-state index contributed by atoms with van der Waals surface area (Å²) in [5.41, 5.74) is 3.25. The van der Waals surface area contributed by atoms with Crippen molar-refractivity contribution in [3.63, 3.8) is 0 Å². The number of aromatic nitrogens is 2. The Morgan fingerprint density at radius 3 is 2.71 bits per heavy atom. The molecule has 2 aromatic carbocycles. The van der Waals surface area contributed by atoms with E-state index >= 15 is 0 Å². The van der Waals surface area contributed by atoms with E-state index in [1.54, 1.807) is 12.1 Å². The first-order valence-electron chi connectivity index (χ1n) is 13.2. The number of alkyl halides is 2. The van der Waals surface area contributed by atoms with E-state index < -0.39 is 12.7 Å². The van der Waals surface area contributed by atoms with E-state index in [1.165, 1.54) is 6.07 Å². The molecule has 2 unspecified atom stereocenters. The minimum Gasteiger partial charge on any atom is -0.434 e. The van der Waals surface area contributed by atoms with Crippen LogP contribution in [0, 0.1) is 17.3 Å². The summed E-state index contributed by atoms with van der Waals surface area (Å²) in [5.74, 6) is 7.66. The Morgan fingerprint density at radius 2 is 2.05 bits per heavy atom. The monoisotopic (exact) mass is 522 g/mol. The number of aldehydes is 1. The van der Waals surface area contributed by atoms with Gasteiger partial charge in [-0.15, -0.1) is 0 Å². The van der Waals surface area contributed by atoms with Crippen molar-refractivity contribution in [1.29, 1.82) is 0 Å². The summed E-state index contributed by atoms with van der Waals surface area (Å²) in [6.07, 6.45) is 3.44. The predicted molar refractivity (Wildman–Crippen MR) is 146 cm³/mol. The van der Waals surface area contributed by atoms with Gasteiger partial charge in [0.05, 0.1) is 23.1 Å². The van der Waals surface area contributed by atoms with Crippen molar-refractivity contribution in [3.8, 4) is 17.6 Å². The summed E-state index contributed by atoms with van der Waals surface area (Å²) in [6.45, 7) is 5.08. The van der Waals surface area contributed by atoms with Crippen molar-refractivity contribution in [2.75, 3.05) is 27.2 Å². The smallest absolute Gasteiger partial charge is 0.387 e. The predicted octanol–water partition coefficient (Wildman–Crippen LogP) is 5.81. The molecule has 0 amide bonds. The molecule has 6 nitrogen and oxygen atoms in total. The van der Waals surface area contributed by atoms with Crippen LogP contribution in [-0.2, 0) is 0 Å². The number of nitrogens with one attached hydrogen (secondary N) is 1. The average Bonchev–Trinajstić information content (AvgIpc) is 3.46. The number of rotatable bonds is 5. The first-order valence-corrected chi connectivity index (χ1v) is 13.2. The van der Waals surface area contributed by atoms with Gasteiger partial charge in [-0.2, -0.15) is 8.78 Å². The highest BCUT2D eigenvalue weighted by atomic mass is 19.3. The van der Waals surface area contributed by atoms with Gasteiger partial charge in [0.2, 0.25) is 0 Å². The second kappa shape index (κ2) is 11.6. The zero-order valence-electron chi connectivity index (χ0n) is 22.7. The summed E-state index contributed by atoms with van der Waals surface area (Å²) in [7, 11) is 3.93. The molecular formula is C30H36F2N4O2. The molecule has 202 valence electrons. The molecule has 2 aliphatic heterocycles. The summed E-state index contributed by atoms with van der Waals surface area (Å²) in [6, 6.07) is 10.2. The number of carbonyl (C=O) groups is 1. The van der Waals surface area contributed by atoms with Crippen LogP contribution in [0.3, 0.4) is 0 Å². The molecule has 0 saturated carbocycles. The fourth-order valence-corrected chi connectivity index (χ4v) is 5.47. The minimum absolute atomic E-state index is 0.0143. The van der Waals surface area contributed by atoms with Crippen molar-refractivity contribution >= 4 is 17.3 Å². The fourth-order valence-electron chi connectivity index (χ4n) is 5.47. The minimum atomic E-state index is -2.99. The first kappa shape index (κ1) is 27.7. The Kier molecular flexibility index (Phi) is 8.49. The Balaban J connectivity index is 0.00000164. The highest BCUT2D eigenvalue weighted by Crippen LogP contribution is 2.46. The Labute approximate surface area is 223 Å². The fraction of sp³-hybridized carbons (Fsp3) is 0.467. The third-order valence-electron chi connectivity index (χ3n) is 7.28. The van der Waals surface area contributed by atoms with Crippen LogP contribution in [0.5, 0.6) is 5.75 Å². The van der Waals surface area contributed by atoms with Gasteiger partial charge in [-0.25, -0.2) is 4.98 Å². The number of carbonyl (C=O) groups excluding carboxylic acids is 1. The Hall–Kier alpha value is -3.28. The number of imidazole rings is 1. The maximum absolute atomic E-state index is 13.3. The van der Waals surface area contributed by atoms with Crippen molar-refractivity contribution in [3.05, 3.63) is 58.9 Å². The molecule has 0 spiro atoms. The van der Waals surface area contributed by atoms with Crippen LogP contribution in [-0.4, -0.2) is 54.5 Å². The number of fused-ring (bicyclic) bond motifs is 3. The molecule has 2 aliphatic rings. The molecule has 3 heterocycles. The van der Waals surface area contributed by atoms with Crippen molar-refractivity contribution in [2.24, 2.45) is 5.41 Å². The number of ether oxygens (including phenoxy) is 1. The van der Waals surface area contributed by atoms with Gasteiger partial charge in [0, 0.05) is 28.7 Å². The van der Waals surface area contributed by atoms with Gasteiger partial charge in [0.1, 0.15) is 11.6 Å². The molecule has 5 rings (SSSR count). The molecule has 1 aromatic heterocycles. The highest BCUT2D eigenvalue weighted by Gasteiger charge is 2.38. The standard InChI is InChI=1S/C28H30F2N4O2.C2H6/c1-28(11-5-13-31-17-28)12-10-18-8-9-20-21(14-18)34-22(15-23(33(2)3)26(34)32-20)25-19(16-35)6-4-7-24(25)36-27(29)30;1-2/h4,6-9,14,16,22-23,27,31H,5,11,13,15,17H2,1-3H3;1-2H3/t22-,23?,28?;/m1./s1. The lowest BCUT2D eigenvalue weighted by Gasteiger charge is -2.28. The van der Waals surface area contributed by atoms with E-state index in [-0.39, 0.29) is 17.2 Å². The molecule has 1 saturated heterocycles. The third-order valence-corrected chi connectivity index (χ3v) is 7.28. The third kappa shape index (κ3) is 5.45. The zero-order chi connectivity index (χ0) is 27.4. The van der Waals surface area contributed by atoms with E-state index in [2.05, 4.69) is 33.5 Å². The van der Waals surface area contributed by atoms with Crippen LogP contribution >= 0.6 is 0 Å². The normalized spacial score (nSPS) is 22.4. The van der Waals surface area contributed by atoms with E-state index in [1.807, 2.05) is 46.1 Å². The van der Waals surface area contributed by atoms with Gasteiger partial charge in [0.15, 0.2) is 6.29 Å². The molecule has 0 aliphatic carbocycles. The summed E-state index contributed by atoms with van der Waals surface area (Å²) in [4.78, 5) is 18.9. The molecule has 0 bridgehead atoms. The number of piperidine rings is 1. The number of halogens is 2. The summed E-state index contributed by atoms with van der Waals surface area (Å²) < 4.78 is 33.5. The number of hydrogen-bond acceptors (Lipinski definition) is 5. The van der Waals surface area contributed by atoms with Gasteiger partial charge < -0.3 is 14.6 Å². The quantitative estimate of drug-likeness (QED) is 0.338. The Bertz CT molecular complexity index is 1350. The maximum atomic E-state index is 13.3. The topological polar surface area (TPSA) is 59.4 Å².